The molecule has 0 aliphatic heterocycles. The minimum Gasteiger partial charge on any atom is -0.403 e. The highest BCUT2D eigenvalue weighted by molar-refractivity contribution is 6.01. The molecule has 3 aromatic heterocycles. The van der Waals surface area contributed by atoms with Crippen LogP contribution in [0.15, 0.2) is 65.3 Å². The van der Waals surface area contributed by atoms with Crippen molar-refractivity contribution in [1.82, 2.24) is 20.2 Å². The van der Waals surface area contributed by atoms with Gasteiger partial charge in [0.2, 0.25) is 0 Å². The molecule has 0 fully saturated rings. The molecule has 3 N–H and O–H groups in total. The molecule has 0 spiro atoms. The van der Waals surface area contributed by atoms with E-state index in [-0.39, 0.29) is 41.2 Å². The van der Waals surface area contributed by atoms with Crippen LogP contribution in [0.5, 0.6) is 0 Å². The van der Waals surface area contributed by atoms with Gasteiger partial charge in [0.25, 0.3) is 5.89 Å². The van der Waals surface area contributed by atoms with Crippen LogP contribution in [0, 0.1) is 0 Å². The number of carbonyl (C=O) groups excluding carboxylic acids is 1. The van der Waals surface area contributed by atoms with Crippen LogP contribution in [-0.2, 0) is 6.18 Å². The second-order valence-electron chi connectivity index (χ2n) is 8.13. The fourth-order valence-electron chi connectivity index (χ4n) is 3.55. The van der Waals surface area contributed by atoms with E-state index in [1.807, 2.05) is 6.92 Å². The fraction of sp³-hybridized carbons (Fsp3) is 0.240. The third-order valence-electron chi connectivity index (χ3n) is 5.42. The Morgan fingerprint density at radius 3 is 2.62 bits per heavy atom. The summed E-state index contributed by atoms with van der Waals surface area (Å²) in [6.07, 6.45) is 1.02. The molecule has 0 atom stereocenters. The molecule has 0 saturated heterocycles. The normalized spacial score (nSPS) is 11.4. The number of urea groups is 1. The molecule has 1 aromatic carbocycles. The molecule has 0 unspecified atom stereocenters. The third kappa shape index (κ3) is 6.21. The van der Waals surface area contributed by atoms with E-state index in [2.05, 4.69) is 25.5 Å². The number of nitrogen functional groups attached to an aromatic ring is 1. The van der Waals surface area contributed by atoms with Crippen LogP contribution in [0.1, 0.15) is 31.7 Å². The summed E-state index contributed by atoms with van der Waals surface area (Å²) in [6.45, 7) is 2.27. The Morgan fingerprint density at radius 1 is 1.08 bits per heavy atom. The maximum Gasteiger partial charge on any atom is 0.416 e. The van der Waals surface area contributed by atoms with Crippen molar-refractivity contribution in [3.05, 3.63) is 66.5 Å². The minimum absolute atomic E-state index is 0.107. The molecule has 2 amide bonds. The van der Waals surface area contributed by atoms with Gasteiger partial charge in [0.15, 0.2) is 5.82 Å². The van der Waals surface area contributed by atoms with Crippen molar-refractivity contribution < 1.29 is 22.4 Å². The van der Waals surface area contributed by atoms with E-state index in [1.165, 1.54) is 29.2 Å². The van der Waals surface area contributed by atoms with Gasteiger partial charge in [0, 0.05) is 24.5 Å². The molecule has 12 heteroatoms. The smallest absolute Gasteiger partial charge is 0.403 e. The molecule has 37 heavy (non-hydrogen) atoms. The number of nitrogens with zero attached hydrogens (tertiary/aromatic N) is 5. The number of rotatable bonds is 8. The molecule has 192 valence electrons. The number of amides is 2. The van der Waals surface area contributed by atoms with Crippen molar-refractivity contribution in [3.63, 3.8) is 0 Å². The van der Waals surface area contributed by atoms with Crippen LogP contribution in [-0.4, -0.2) is 32.7 Å². The number of aromatic nitrogens is 4. The Morgan fingerprint density at radius 2 is 1.89 bits per heavy atom. The van der Waals surface area contributed by atoms with Crippen molar-refractivity contribution >= 4 is 23.6 Å². The second-order valence-corrected chi connectivity index (χ2v) is 8.13. The number of anilines is 3. The molecule has 4 rings (SSSR count). The zero-order valence-corrected chi connectivity index (χ0v) is 19.9. The maximum atomic E-state index is 13.3. The molecule has 0 radical (unpaired) electrons. The number of alkyl halides is 3. The van der Waals surface area contributed by atoms with Gasteiger partial charge in [-0.25, -0.2) is 9.78 Å². The van der Waals surface area contributed by atoms with E-state index in [4.69, 9.17) is 10.2 Å². The molecular weight excluding hydrogens is 487 g/mol. The van der Waals surface area contributed by atoms with Crippen LogP contribution in [0.3, 0.4) is 0 Å². The van der Waals surface area contributed by atoms with Crippen molar-refractivity contribution in [3.8, 4) is 22.7 Å². The molecule has 3 heterocycles. The Kier molecular flexibility index (Phi) is 7.66. The van der Waals surface area contributed by atoms with Crippen LogP contribution in [0.25, 0.3) is 22.7 Å². The van der Waals surface area contributed by atoms with Gasteiger partial charge in [-0.2, -0.15) is 13.2 Å². The molecule has 0 saturated carbocycles. The molecule has 0 aliphatic carbocycles. The lowest BCUT2D eigenvalue weighted by Gasteiger charge is -2.23. The number of carbonyl (C=O) groups is 1. The summed E-state index contributed by atoms with van der Waals surface area (Å²) < 4.78 is 45.2. The Hall–Kier alpha value is -4.48. The fourth-order valence-corrected chi connectivity index (χ4v) is 3.55. The summed E-state index contributed by atoms with van der Waals surface area (Å²) in [4.78, 5) is 23.0. The first kappa shape index (κ1) is 25.6. The third-order valence-corrected chi connectivity index (χ3v) is 5.42. The van der Waals surface area contributed by atoms with Gasteiger partial charge in [0.05, 0.1) is 22.5 Å². The van der Waals surface area contributed by atoms with Gasteiger partial charge in [-0.1, -0.05) is 37.0 Å². The van der Waals surface area contributed by atoms with Gasteiger partial charge in [0.1, 0.15) is 0 Å². The van der Waals surface area contributed by atoms with E-state index in [9.17, 15) is 18.0 Å². The zero-order valence-electron chi connectivity index (χ0n) is 19.9. The van der Waals surface area contributed by atoms with Gasteiger partial charge in [-0.3, -0.25) is 15.2 Å². The maximum absolute atomic E-state index is 13.3. The predicted molar refractivity (Wildman–Crippen MR) is 133 cm³/mol. The number of pyridine rings is 2. The molecule has 0 aliphatic rings. The number of hydrogen-bond donors (Lipinski definition) is 2. The molecular formula is C25H24F3N7O2. The lowest BCUT2D eigenvalue weighted by Crippen LogP contribution is -2.37. The van der Waals surface area contributed by atoms with E-state index >= 15 is 0 Å². The number of nitrogens with one attached hydrogen (secondary N) is 1. The Labute approximate surface area is 210 Å². The number of benzene rings is 1. The highest BCUT2D eigenvalue weighted by Crippen LogP contribution is 2.33. The van der Waals surface area contributed by atoms with Gasteiger partial charge < -0.3 is 10.2 Å². The van der Waals surface area contributed by atoms with E-state index in [0.29, 0.717) is 12.0 Å². The monoisotopic (exact) mass is 511 g/mol. The van der Waals surface area contributed by atoms with E-state index in [0.717, 1.165) is 25.0 Å². The van der Waals surface area contributed by atoms with E-state index in [1.54, 1.807) is 24.5 Å². The molecule has 9 nitrogen and oxygen atoms in total. The first-order valence-electron chi connectivity index (χ1n) is 11.5. The summed E-state index contributed by atoms with van der Waals surface area (Å²) >= 11 is 0. The standard InChI is InChI=1S/C25H24F3N7O2/c1-2-3-4-13-35(24(36)32-23-34-33-22(37-23)17-8-6-12-30-15-17)21-19(29)10-11-20(31-21)16-7-5-9-18(14-16)25(26,27)28/h5-12,14-15H,2-4,13,29H2,1H3,(H,32,34,36). The summed E-state index contributed by atoms with van der Waals surface area (Å²) in [6, 6.07) is 10.5. The first-order valence-corrected chi connectivity index (χ1v) is 11.5. The second kappa shape index (κ2) is 11.1. The predicted octanol–water partition coefficient (Wildman–Crippen LogP) is 6.02. The van der Waals surface area contributed by atoms with Crippen LogP contribution in [0.4, 0.5) is 35.5 Å². The number of hydrogen-bond acceptors (Lipinski definition) is 7. The quantitative estimate of drug-likeness (QED) is 0.277. The summed E-state index contributed by atoms with van der Waals surface area (Å²) in [7, 11) is 0. The van der Waals surface area contributed by atoms with Crippen molar-refractivity contribution in [2.45, 2.75) is 32.4 Å². The highest BCUT2D eigenvalue weighted by atomic mass is 19.4. The van der Waals surface area contributed by atoms with Gasteiger partial charge in [-0.05, 0) is 42.8 Å². The summed E-state index contributed by atoms with van der Waals surface area (Å²) in [5.74, 6) is 0.278. The lowest BCUT2D eigenvalue weighted by molar-refractivity contribution is -0.137. The average molecular weight is 512 g/mol. The van der Waals surface area contributed by atoms with Crippen LogP contribution < -0.4 is 16.0 Å². The molecule has 0 bridgehead atoms. The average Bonchev–Trinajstić information content (AvgIpc) is 3.36. The van der Waals surface area contributed by atoms with Gasteiger partial charge in [-0.15, -0.1) is 5.10 Å². The first-order chi connectivity index (χ1) is 17.8. The lowest BCUT2D eigenvalue weighted by atomic mass is 10.1. The van der Waals surface area contributed by atoms with Crippen LogP contribution >= 0.6 is 0 Å². The summed E-state index contributed by atoms with van der Waals surface area (Å²) in [5.41, 5.74) is 6.60. The Balaban J connectivity index is 1.63. The Bertz CT molecular complexity index is 1360. The highest BCUT2D eigenvalue weighted by Gasteiger charge is 2.30. The van der Waals surface area contributed by atoms with Gasteiger partial charge >= 0.3 is 18.2 Å². The van der Waals surface area contributed by atoms with Crippen molar-refractivity contribution in [2.24, 2.45) is 0 Å². The summed E-state index contributed by atoms with van der Waals surface area (Å²) in [5, 5.41) is 10.3. The van der Waals surface area contributed by atoms with Crippen LogP contribution in [0.2, 0.25) is 0 Å². The van der Waals surface area contributed by atoms with Crippen molar-refractivity contribution in [1.29, 1.82) is 0 Å². The van der Waals surface area contributed by atoms with E-state index < -0.39 is 17.8 Å². The minimum atomic E-state index is -4.50. The molecule has 4 aromatic rings. The topological polar surface area (TPSA) is 123 Å². The largest absolute Gasteiger partial charge is 0.416 e. The van der Waals surface area contributed by atoms with Crippen molar-refractivity contribution in [2.75, 3.05) is 22.5 Å². The zero-order chi connectivity index (χ0) is 26.4. The number of nitrogens with two attached hydrogens (primary N) is 1. The number of unbranched alkanes of at least 4 members (excludes halogenated alkanes) is 2. The SMILES string of the molecule is CCCCCN(C(=O)Nc1nnc(-c2cccnc2)o1)c1nc(-c2cccc(C(F)(F)F)c2)ccc1N. The number of halogens is 3.